The maximum atomic E-state index is 13.2. The number of anilines is 1. The number of benzene rings is 2. The van der Waals surface area contributed by atoms with Gasteiger partial charge in [0.05, 0.1) is 6.07 Å². The quantitative estimate of drug-likeness (QED) is 0.885. The van der Waals surface area contributed by atoms with Gasteiger partial charge in [-0.05, 0) is 36.2 Å². The van der Waals surface area contributed by atoms with Crippen molar-refractivity contribution in [1.82, 2.24) is 0 Å². The minimum atomic E-state index is -0.480. The highest BCUT2D eigenvalue weighted by atomic mass is 19.1. The van der Waals surface area contributed by atoms with Crippen LogP contribution in [0.2, 0.25) is 0 Å². The summed E-state index contributed by atoms with van der Waals surface area (Å²) in [4.78, 5) is 0. The van der Waals surface area contributed by atoms with Crippen molar-refractivity contribution in [3.05, 3.63) is 65.5 Å². The second kappa shape index (κ2) is 5.33. The van der Waals surface area contributed by atoms with Gasteiger partial charge >= 0.3 is 0 Å². The van der Waals surface area contributed by atoms with Gasteiger partial charge in [-0.25, -0.2) is 4.39 Å². The van der Waals surface area contributed by atoms with E-state index in [0.29, 0.717) is 5.56 Å². The Labute approximate surface area is 106 Å². The van der Waals surface area contributed by atoms with Crippen LogP contribution in [-0.4, -0.2) is 0 Å². The Balaban J connectivity index is 2.24. The number of halogens is 1. The molecular formula is C15H13FN2. The second-order valence-electron chi connectivity index (χ2n) is 4.08. The highest BCUT2D eigenvalue weighted by molar-refractivity contribution is 5.47. The molecule has 0 aliphatic carbocycles. The summed E-state index contributed by atoms with van der Waals surface area (Å²) in [5.74, 6) is -0.254. The van der Waals surface area contributed by atoms with Gasteiger partial charge in [0.1, 0.15) is 11.9 Å². The Kier molecular flexibility index (Phi) is 3.59. The maximum absolute atomic E-state index is 13.2. The van der Waals surface area contributed by atoms with Crippen LogP contribution in [0.1, 0.15) is 17.2 Å². The fourth-order valence-electron chi connectivity index (χ4n) is 1.74. The van der Waals surface area contributed by atoms with Gasteiger partial charge in [0.25, 0.3) is 0 Å². The van der Waals surface area contributed by atoms with Crippen molar-refractivity contribution < 1.29 is 4.39 Å². The third-order valence-corrected chi connectivity index (χ3v) is 2.73. The highest BCUT2D eigenvalue weighted by Crippen LogP contribution is 2.20. The molecule has 0 bridgehead atoms. The molecule has 0 heterocycles. The third kappa shape index (κ3) is 2.67. The van der Waals surface area contributed by atoms with Gasteiger partial charge in [0.15, 0.2) is 0 Å². The van der Waals surface area contributed by atoms with Crippen LogP contribution in [0.5, 0.6) is 0 Å². The third-order valence-electron chi connectivity index (χ3n) is 2.73. The Morgan fingerprint density at radius 1 is 1.17 bits per heavy atom. The summed E-state index contributed by atoms with van der Waals surface area (Å²) < 4.78 is 13.2. The fraction of sp³-hybridized carbons (Fsp3) is 0.133. The van der Waals surface area contributed by atoms with Crippen molar-refractivity contribution in [1.29, 1.82) is 5.26 Å². The lowest BCUT2D eigenvalue weighted by Crippen LogP contribution is -2.08. The molecule has 2 rings (SSSR count). The van der Waals surface area contributed by atoms with Crippen molar-refractivity contribution in [3.8, 4) is 6.07 Å². The summed E-state index contributed by atoms with van der Waals surface area (Å²) in [7, 11) is 0. The molecular weight excluding hydrogens is 227 g/mol. The number of nitrogens with zero attached hydrogens (tertiary/aromatic N) is 1. The first-order valence-electron chi connectivity index (χ1n) is 5.68. The van der Waals surface area contributed by atoms with E-state index in [4.69, 9.17) is 0 Å². The molecule has 0 amide bonds. The standard InChI is InChI=1S/C15H13FN2/c1-11-9-12(7-8-14(11)16)15(10-17)18-13-5-3-2-4-6-13/h2-9,15,18H,1H3. The first-order valence-corrected chi connectivity index (χ1v) is 5.68. The zero-order chi connectivity index (χ0) is 13.0. The smallest absolute Gasteiger partial charge is 0.140 e. The maximum Gasteiger partial charge on any atom is 0.140 e. The number of hydrogen-bond acceptors (Lipinski definition) is 2. The molecule has 0 saturated carbocycles. The molecule has 0 aliphatic rings. The summed E-state index contributed by atoms with van der Waals surface area (Å²) in [6, 6.07) is 15.9. The summed E-state index contributed by atoms with van der Waals surface area (Å²) in [5.41, 5.74) is 2.17. The van der Waals surface area contributed by atoms with Crippen LogP contribution in [0.25, 0.3) is 0 Å². The van der Waals surface area contributed by atoms with E-state index >= 15 is 0 Å². The molecule has 2 nitrogen and oxygen atoms in total. The number of para-hydroxylation sites is 1. The van der Waals surface area contributed by atoms with Gasteiger partial charge < -0.3 is 5.32 Å². The lowest BCUT2D eigenvalue weighted by molar-refractivity contribution is 0.617. The normalized spacial score (nSPS) is 11.6. The molecule has 0 aliphatic heterocycles. The van der Waals surface area contributed by atoms with Crippen LogP contribution in [-0.2, 0) is 0 Å². The first kappa shape index (κ1) is 12.1. The van der Waals surface area contributed by atoms with Gasteiger partial charge in [0.2, 0.25) is 0 Å². The summed E-state index contributed by atoms with van der Waals surface area (Å²) in [6.45, 7) is 1.69. The molecule has 1 atom stereocenters. The average Bonchev–Trinajstić information content (AvgIpc) is 2.40. The van der Waals surface area contributed by atoms with E-state index in [1.54, 1.807) is 19.1 Å². The van der Waals surface area contributed by atoms with Crippen LogP contribution in [0.15, 0.2) is 48.5 Å². The lowest BCUT2D eigenvalue weighted by atomic mass is 10.0. The van der Waals surface area contributed by atoms with E-state index in [-0.39, 0.29) is 5.82 Å². The molecule has 0 fully saturated rings. The van der Waals surface area contributed by atoms with E-state index in [9.17, 15) is 9.65 Å². The van der Waals surface area contributed by atoms with E-state index in [0.717, 1.165) is 11.3 Å². The zero-order valence-corrected chi connectivity index (χ0v) is 10.0. The molecule has 1 N–H and O–H groups in total. The van der Waals surface area contributed by atoms with Crippen molar-refractivity contribution >= 4 is 5.69 Å². The number of aryl methyl sites for hydroxylation is 1. The second-order valence-corrected chi connectivity index (χ2v) is 4.08. The predicted molar refractivity (Wildman–Crippen MR) is 69.6 cm³/mol. The van der Waals surface area contributed by atoms with Gasteiger partial charge in [0, 0.05) is 5.69 Å². The average molecular weight is 240 g/mol. The largest absolute Gasteiger partial charge is 0.366 e. The molecule has 0 radical (unpaired) electrons. The van der Waals surface area contributed by atoms with Crippen molar-refractivity contribution in [2.24, 2.45) is 0 Å². The number of rotatable bonds is 3. The van der Waals surface area contributed by atoms with Gasteiger partial charge in [-0.1, -0.05) is 30.3 Å². The number of nitriles is 1. The van der Waals surface area contributed by atoms with Crippen LogP contribution in [0.3, 0.4) is 0 Å². The summed E-state index contributed by atoms with van der Waals surface area (Å²) in [5, 5.41) is 12.3. The Hall–Kier alpha value is -2.34. The molecule has 2 aromatic rings. The Morgan fingerprint density at radius 3 is 2.50 bits per heavy atom. The van der Waals surface area contributed by atoms with Crippen LogP contribution < -0.4 is 5.32 Å². The topological polar surface area (TPSA) is 35.8 Å². The molecule has 3 heteroatoms. The highest BCUT2D eigenvalue weighted by Gasteiger charge is 2.11. The fourth-order valence-corrected chi connectivity index (χ4v) is 1.74. The van der Waals surface area contributed by atoms with Crippen LogP contribution >= 0.6 is 0 Å². The lowest BCUT2D eigenvalue weighted by Gasteiger charge is -2.14. The van der Waals surface area contributed by atoms with E-state index in [1.165, 1.54) is 6.07 Å². The van der Waals surface area contributed by atoms with Crippen molar-refractivity contribution in [3.63, 3.8) is 0 Å². The monoisotopic (exact) mass is 240 g/mol. The SMILES string of the molecule is Cc1cc(C(C#N)Nc2ccccc2)ccc1F. The Bertz CT molecular complexity index is 573. The van der Waals surface area contributed by atoms with E-state index in [1.807, 2.05) is 30.3 Å². The van der Waals surface area contributed by atoms with E-state index < -0.39 is 6.04 Å². The van der Waals surface area contributed by atoms with E-state index in [2.05, 4.69) is 11.4 Å². The van der Waals surface area contributed by atoms with Crippen molar-refractivity contribution in [2.45, 2.75) is 13.0 Å². The zero-order valence-electron chi connectivity index (χ0n) is 10.0. The minimum absolute atomic E-state index is 0.254. The number of nitrogens with one attached hydrogen (secondary N) is 1. The summed E-state index contributed by atoms with van der Waals surface area (Å²) in [6.07, 6.45) is 0. The molecule has 18 heavy (non-hydrogen) atoms. The molecule has 0 aromatic heterocycles. The minimum Gasteiger partial charge on any atom is -0.366 e. The summed E-state index contributed by atoms with van der Waals surface area (Å²) >= 11 is 0. The van der Waals surface area contributed by atoms with Gasteiger partial charge in [-0.15, -0.1) is 0 Å². The van der Waals surface area contributed by atoms with Crippen LogP contribution in [0, 0.1) is 24.1 Å². The molecule has 0 saturated heterocycles. The van der Waals surface area contributed by atoms with Crippen LogP contribution in [0.4, 0.5) is 10.1 Å². The molecule has 1 unspecified atom stereocenters. The Morgan fingerprint density at radius 2 is 1.89 bits per heavy atom. The first-order chi connectivity index (χ1) is 8.70. The van der Waals surface area contributed by atoms with Gasteiger partial charge in [-0.2, -0.15) is 5.26 Å². The molecule has 90 valence electrons. The number of hydrogen-bond donors (Lipinski definition) is 1. The predicted octanol–water partition coefficient (Wildman–Crippen LogP) is 3.81. The molecule has 0 spiro atoms. The van der Waals surface area contributed by atoms with Gasteiger partial charge in [-0.3, -0.25) is 0 Å². The molecule has 2 aromatic carbocycles. The van der Waals surface area contributed by atoms with Crippen molar-refractivity contribution in [2.75, 3.05) is 5.32 Å².